The van der Waals surface area contributed by atoms with E-state index in [1.54, 1.807) is 12.1 Å². The second-order valence-electron chi connectivity index (χ2n) is 6.20. The van der Waals surface area contributed by atoms with Gasteiger partial charge < -0.3 is 0 Å². The Morgan fingerprint density at radius 3 is 2.86 bits per heavy atom. The Morgan fingerprint density at radius 1 is 1.24 bits per heavy atom. The van der Waals surface area contributed by atoms with Crippen molar-refractivity contribution in [3.05, 3.63) is 34.6 Å². The van der Waals surface area contributed by atoms with Crippen molar-refractivity contribution in [1.82, 2.24) is 4.90 Å². The van der Waals surface area contributed by atoms with Crippen LogP contribution in [0.15, 0.2) is 18.2 Å². The molecule has 3 rings (SSSR count). The smallest absolute Gasteiger partial charge is 0.137 e. The van der Waals surface area contributed by atoms with E-state index in [0.29, 0.717) is 22.9 Å². The predicted molar refractivity (Wildman–Crippen MR) is 81.8 cm³/mol. The van der Waals surface area contributed by atoms with Gasteiger partial charge in [-0.25, -0.2) is 4.39 Å². The molecule has 0 radical (unpaired) electrons. The highest BCUT2D eigenvalue weighted by atomic mass is 35.5. The normalized spacial score (nSPS) is 27.2. The zero-order valence-corrected chi connectivity index (χ0v) is 12.9. The van der Waals surface area contributed by atoms with Crippen LogP contribution in [0, 0.1) is 11.7 Å². The highest BCUT2D eigenvalue weighted by molar-refractivity contribution is 6.31. The van der Waals surface area contributed by atoms with E-state index in [1.807, 2.05) is 0 Å². The predicted octanol–water partition coefficient (Wildman–Crippen LogP) is 4.20. The van der Waals surface area contributed by atoms with Gasteiger partial charge in [0.05, 0.1) is 0 Å². The molecule has 1 aliphatic carbocycles. The highest BCUT2D eigenvalue weighted by Crippen LogP contribution is 2.34. The van der Waals surface area contributed by atoms with Crippen molar-refractivity contribution < 1.29 is 9.18 Å². The molecule has 0 bridgehead atoms. The number of Topliss-reactive ketones (excluding diaryl/α,β-unsaturated/α-hetero) is 1. The molecule has 4 heteroatoms. The van der Waals surface area contributed by atoms with Crippen LogP contribution in [-0.2, 0) is 11.3 Å². The molecule has 1 heterocycles. The SMILES string of the molecule is O=C1CCCCC1C1CCCN1Cc1c(F)cccc1Cl. The summed E-state index contributed by atoms with van der Waals surface area (Å²) < 4.78 is 14.0. The van der Waals surface area contributed by atoms with Gasteiger partial charge in [0.2, 0.25) is 0 Å². The van der Waals surface area contributed by atoms with Crippen molar-refractivity contribution in [3.63, 3.8) is 0 Å². The zero-order chi connectivity index (χ0) is 14.8. The minimum absolute atomic E-state index is 0.145. The van der Waals surface area contributed by atoms with Crippen LogP contribution < -0.4 is 0 Å². The van der Waals surface area contributed by atoms with Crippen LogP contribution in [0.1, 0.15) is 44.1 Å². The van der Waals surface area contributed by atoms with Crippen LogP contribution in [-0.4, -0.2) is 23.3 Å². The number of carbonyl (C=O) groups is 1. The van der Waals surface area contributed by atoms with Gasteiger partial charge in [-0.2, -0.15) is 0 Å². The van der Waals surface area contributed by atoms with Crippen molar-refractivity contribution >= 4 is 17.4 Å². The maximum Gasteiger partial charge on any atom is 0.137 e. The lowest BCUT2D eigenvalue weighted by molar-refractivity contribution is -0.126. The number of halogens is 2. The average Bonchev–Trinajstić information content (AvgIpc) is 2.92. The molecule has 2 atom stereocenters. The van der Waals surface area contributed by atoms with Gasteiger partial charge >= 0.3 is 0 Å². The topological polar surface area (TPSA) is 20.3 Å². The molecule has 0 aromatic heterocycles. The van der Waals surface area contributed by atoms with Crippen LogP contribution in [0.4, 0.5) is 4.39 Å². The summed E-state index contributed by atoms with van der Waals surface area (Å²) in [5.74, 6) is 0.299. The number of benzene rings is 1. The summed E-state index contributed by atoms with van der Waals surface area (Å²) in [4.78, 5) is 14.4. The fourth-order valence-corrected chi connectivity index (χ4v) is 4.03. The number of likely N-dealkylation sites (tertiary alicyclic amines) is 1. The fraction of sp³-hybridized carbons (Fsp3) is 0.588. The van der Waals surface area contributed by atoms with Crippen LogP contribution in [0.2, 0.25) is 5.02 Å². The van der Waals surface area contributed by atoms with Gasteiger partial charge in [-0.1, -0.05) is 24.1 Å². The van der Waals surface area contributed by atoms with Gasteiger partial charge in [0, 0.05) is 35.5 Å². The van der Waals surface area contributed by atoms with Crippen LogP contribution in [0.5, 0.6) is 0 Å². The lowest BCUT2D eigenvalue weighted by Crippen LogP contribution is -2.40. The van der Waals surface area contributed by atoms with E-state index in [4.69, 9.17) is 11.6 Å². The van der Waals surface area contributed by atoms with Crippen molar-refractivity contribution in [2.75, 3.05) is 6.54 Å². The van der Waals surface area contributed by atoms with E-state index in [0.717, 1.165) is 45.1 Å². The van der Waals surface area contributed by atoms with Crippen LogP contribution in [0.25, 0.3) is 0 Å². The Kier molecular flexibility index (Phi) is 4.60. The number of nitrogens with zero attached hydrogens (tertiary/aromatic N) is 1. The molecule has 0 amide bonds. The third kappa shape index (κ3) is 3.14. The molecule has 114 valence electrons. The molecule has 1 saturated carbocycles. The first-order chi connectivity index (χ1) is 10.2. The molecule has 2 fully saturated rings. The summed E-state index contributed by atoms with van der Waals surface area (Å²) in [6, 6.07) is 5.09. The molecule has 2 unspecified atom stereocenters. The number of rotatable bonds is 3. The quantitative estimate of drug-likeness (QED) is 0.834. The molecule has 1 aromatic rings. The fourth-order valence-electron chi connectivity index (χ4n) is 3.81. The first kappa shape index (κ1) is 15.0. The number of hydrogen-bond acceptors (Lipinski definition) is 2. The first-order valence-electron chi connectivity index (χ1n) is 7.86. The maximum atomic E-state index is 14.0. The van der Waals surface area contributed by atoms with Crippen LogP contribution >= 0.6 is 11.6 Å². The highest BCUT2D eigenvalue weighted by Gasteiger charge is 2.37. The lowest BCUT2D eigenvalue weighted by atomic mass is 9.81. The Balaban J connectivity index is 1.76. The molecular formula is C17H21ClFNO. The summed E-state index contributed by atoms with van der Waals surface area (Å²) >= 11 is 6.14. The summed E-state index contributed by atoms with van der Waals surface area (Å²) in [5, 5.41) is 0.482. The number of hydrogen-bond donors (Lipinski definition) is 0. The third-order valence-corrected chi connectivity index (χ3v) is 5.26. The van der Waals surface area contributed by atoms with E-state index in [9.17, 15) is 9.18 Å². The minimum Gasteiger partial charge on any atom is -0.299 e. The standard InChI is InChI=1S/C17H21ClFNO/c18-14-6-3-7-15(19)13(14)11-20-10-4-8-16(20)12-5-1-2-9-17(12)21/h3,6-7,12,16H,1-2,4-5,8-11H2. The zero-order valence-electron chi connectivity index (χ0n) is 12.2. The second-order valence-corrected chi connectivity index (χ2v) is 6.61. The summed E-state index contributed by atoms with van der Waals surface area (Å²) in [5.41, 5.74) is 0.564. The number of ketones is 1. The van der Waals surface area contributed by atoms with Gasteiger partial charge in [0.1, 0.15) is 11.6 Å². The van der Waals surface area contributed by atoms with Crippen LogP contribution in [0.3, 0.4) is 0 Å². The Bertz CT molecular complexity index is 513. The monoisotopic (exact) mass is 309 g/mol. The van der Waals surface area contributed by atoms with Crippen molar-refractivity contribution in [2.45, 2.75) is 51.1 Å². The van der Waals surface area contributed by atoms with Gasteiger partial charge in [-0.3, -0.25) is 9.69 Å². The van der Waals surface area contributed by atoms with E-state index < -0.39 is 0 Å². The summed E-state index contributed by atoms with van der Waals surface area (Å²) in [7, 11) is 0. The summed E-state index contributed by atoms with van der Waals surface area (Å²) in [6.07, 6.45) is 6.01. The molecule has 2 aliphatic rings. The molecule has 0 N–H and O–H groups in total. The molecule has 1 saturated heterocycles. The second kappa shape index (κ2) is 6.45. The van der Waals surface area contributed by atoms with Gasteiger partial charge in [-0.05, 0) is 44.4 Å². The third-order valence-electron chi connectivity index (χ3n) is 4.90. The van der Waals surface area contributed by atoms with E-state index >= 15 is 0 Å². The lowest BCUT2D eigenvalue weighted by Gasteiger charge is -2.33. The molecular weight excluding hydrogens is 289 g/mol. The first-order valence-corrected chi connectivity index (χ1v) is 8.24. The van der Waals surface area contributed by atoms with E-state index in [2.05, 4.69) is 4.90 Å². The van der Waals surface area contributed by atoms with E-state index in [-0.39, 0.29) is 17.8 Å². The van der Waals surface area contributed by atoms with Crippen molar-refractivity contribution in [1.29, 1.82) is 0 Å². The molecule has 21 heavy (non-hydrogen) atoms. The van der Waals surface area contributed by atoms with Gasteiger partial charge in [-0.15, -0.1) is 0 Å². The molecule has 1 aromatic carbocycles. The Labute approximate surface area is 130 Å². The van der Waals surface area contributed by atoms with E-state index in [1.165, 1.54) is 6.07 Å². The summed E-state index contributed by atoms with van der Waals surface area (Å²) in [6.45, 7) is 1.44. The largest absolute Gasteiger partial charge is 0.299 e. The number of carbonyl (C=O) groups excluding carboxylic acids is 1. The molecule has 0 spiro atoms. The maximum absolute atomic E-state index is 14.0. The van der Waals surface area contributed by atoms with Crippen molar-refractivity contribution in [2.24, 2.45) is 5.92 Å². The van der Waals surface area contributed by atoms with Gasteiger partial charge in [0.25, 0.3) is 0 Å². The Morgan fingerprint density at radius 2 is 2.10 bits per heavy atom. The van der Waals surface area contributed by atoms with Crippen molar-refractivity contribution in [3.8, 4) is 0 Å². The Hall–Kier alpha value is -0.930. The molecule has 1 aliphatic heterocycles. The minimum atomic E-state index is -0.247. The molecule has 2 nitrogen and oxygen atoms in total. The van der Waals surface area contributed by atoms with Gasteiger partial charge in [0.15, 0.2) is 0 Å². The average molecular weight is 310 g/mol.